The van der Waals surface area contributed by atoms with Crippen LogP contribution in [0, 0.1) is 0 Å². The van der Waals surface area contributed by atoms with E-state index in [1.807, 2.05) is 12.1 Å². The van der Waals surface area contributed by atoms with Gasteiger partial charge < -0.3 is 0 Å². The fourth-order valence-electron chi connectivity index (χ4n) is 1.83. The molecule has 0 spiro atoms. The fraction of sp³-hybridized carbons (Fsp3) is 0.364. The number of nitrogens with zero attached hydrogens (tertiary/aromatic N) is 2. The summed E-state index contributed by atoms with van der Waals surface area (Å²) in [6.07, 6.45) is 1.10. The maximum absolute atomic E-state index is 5.88. The third-order valence-electron chi connectivity index (χ3n) is 2.91. The molecule has 1 aromatic rings. The van der Waals surface area contributed by atoms with Gasteiger partial charge in [0.15, 0.2) is 0 Å². The third kappa shape index (κ3) is 2.21. The second-order valence-corrected chi connectivity index (χ2v) is 5.54. The minimum atomic E-state index is 0.454. The Bertz CT molecular complexity index is 377. The second kappa shape index (κ2) is 4.43. The van der Waals surface area contributed by atoms with Crippen LogP contribution in [-0.2, 0) is 0 Å². The zero-order valence-electron chi connectivity index (χ0n) is 8.77. The Morgan fingerprint density at radius 2 is 1.87 bits per heavy atom. The Morgan fingerprint density at radius 1 is 1.27 bits per heavy atom. The second-order valence-electron chi connectivity index (χ2n) is 3.76. The number of rotatable bonds is 1. The van der Waals surface area contributed by atoms with Gasteiger partial charge in [0.1, 0.15) is 0 Å². The molecule has 1 atom stereocenters. The van der Waals surface area contributed by atoms with Gasteiger partial charge in [-0.15, -0.1) is 0 Å². The standard InChI is InChI=1S/C11H13ClN2Te/c1-13-10(7-11(15)14(13)2)8-3-5-9(12)6-4-8/h3-6,10H,7H2,1-2H3. The summed E-state index contributed by atoms with van der Waals surface area (Å²) in [6.45, 7) is 0. The van der Waals surface area contributed by atoms with E-state index in [9.17, 15) is 0 Å². The van der Waals surface area contributed by atoms with Crippen LogP contribution in [0.25, 0.3) is 0 Å². The molecule has 1 unspecified atom stereocenters. The Hall–Kier alpha value is -0.0704. The van der Waals surface area contributed by atoms with Crippen molar-refractivity contribution >= 4 is 37.1 Å². The fourth-order valence-corrected chi connectivity index (χ4v) is 2.78. The van der Waals surface area contributed by atoms with Crippen molar-refractivity contribution in [2.45, 2.75) is 12.5 Å². The molecule has 2 rings (SSSR count). The van der Waals surface area contributed by atoms with Gasteiger partial charge in [-0.3, -0.25) is 0 Å². The molecule has 0 N–H and O–H groups in total. The van der Waals surface area contributed by atoms with Gasteiger partial charge in [-0.2, -0.15) is 0 Å². The van der Waals surface area contributed by atoms with Crippen LogP contribution >= 0.6 is 11.6 Å². The van der Waals surface area contributed by atoms with Gasteiger partial charge in [0.05, 0.1) is 0 Å². The van der Waals surface area contributed by atoms with E-state index in [2.05, 4.69) is 58.1 Å². The number of hydrogen-bond donors (Lipinski definition) is 0. The van der Waals surface area contributed by atoms with Gasteiger partial charge >= 0.3 is 109 Å². The van der Waals surface area contributed by atoms with E-state index in [0.29, 0.717) is 6.04 Å². The molecule has 0 saturated carbocycles. The monoisotopic (exact) mass is 338 g/mol. The molecule has 0 aliphatic carbocycles. The van der Waals surface area contributed by atoms with Crippen molar-refractivity contribution in [3.63, 3.8) is 0 Å². The average molecular weight is 336 g/mol. The molecule has 1 heterocycles. The Kier molecular flexibility index (Phi) is 3.37. The predicted molar refractivity (Wildman–Crippen MR) is 65.1 cm³/mol. The first-order valence-corrected chi connectivity index (χ1v) is 6.38. The van der Waals surface area contributed by atoms with Crippen LogP contribution in [0.1, 0.15) is 18.0 Å². The van der Waals surface area contributed by atoms with E-state index in [-0.39, 0.29) is 0 Å². The molecule has 1 fully saturated rings. The summed E-state index contributed by atoms with van der Waals surface area (Å²) in [5, 5.41) is 5.28. The van der Waals surface area contributed by atoms with E-state index in [4.69, 9.17) is 11.6 Å². The summed E-state index contributed by atoms with van der Waals surface area (Å²) in [6, 6.07) is 8.59. The summed E-state index contributed by atoms with van der Waals surface area (Å²) in [4.78, 5) is 0. The molecule has 0 aromatic heterocycles. The molecular formula is C11H13ClN2Te. The first kappa shape index (κ1) is 11.4. The molecule has 0 bridgehead atoms. The van der Waals surface area contributed by atoms with Crippen LogP contribution in [0.5, 0.6) is 0 Å². The van der Waals surface area contributed by atoms with Crippen molar-refractivity contribution in [1.82, 2.24) is 10.0 Å². The van der Waals surface area contributed by atoms with Gasteiger partial charge in [-0.1, -0.05) is 0 Å². The molecule has 0 radical (unpaired) electrons. The topological polar surface area (TPSA) is 6.48 Å². The summed E-state index contributed by atoms with van der Waals surface area (Å²) in [5.41, 5.74) is 1.33. The van der Waals surface area contributed by atoms with Gasteiger partial charge in [0.25, 0.3) is 0 Å². The van der Waals surface area contributed by atoms with Crippen LogP contribution in [-0.4, -0.2) is 49.6 Å². The molecular weight excluding hydrogens is 323 g/mol. The number of hydrogen-bond acceptors (Lipinski definition) is 2. The third-order valence-corrected chi connectivity index (χ3v) is 4.39. The Morgan fingerprint density at radius 3 is 2.33 bits per heavy atom. The quantitative estimate of drug-likeness (QED) is 0.723. The SMILES string of the molecule is CN1C(=[Te])CC(c2ccc(Cl)cc2)N1C. The van der Waals surface area contributed by atoms with E-state index in [0.717, 1.165) is 11.4 Å². The van der Waals surface area contributed by atoms with E-state index in [1.54, 1.807) is 0 Å². The summed E-state index contributed by atoms with van der Waals surface area (Å²) in [7, 11) is 4.23. The summed E-state index contributed by atoms with van der Waals surface area (Å²) >= 11 is 7.98. The first-order chi connectivity index (χ1) is 7.09. The van der Waals surface area contributed by atoms with Crippen molar-refractivity contribution in [3.8, 4) is 0 Å². The summed E-state index contributed by atoms with van der Waals surface area (Å²) < 4.78 is 1.41. The van der Waals surface area contributed by atoms with E-state index in [1.165, 1.54) is 9.24 Å². The Labute approximate surface area is 108 Å². The first-order valence-electron chi connectivity index (χ1n) is 4.84. The molecule has 1 aliphatic heterocycles. The maximum atomic E-state index is 5.88. The van der Waals surface area contributed by atoms with Crippen molar-refractivity contribution in [3.05, 3.63) is 34.9 Å². The van der Waals surface area contributed by atoms with Gasteiger partial charge in [0.2, 0.25) is 0 Å². The summed E-state index contributed by atoms with van der Waals surface area (Å²) in [5.74, 6) is 0. The molecule has 4 heteroatoms. The molecule has 80 valence electrons. The predicted octanol–water partition coefficient (Wildman–Crippen LogP) is 1.86. The van der Waals surface area contributed by atoms with E-state index >= 15 is 0 Å². The minimum absolute atomic E-state index is 0.454. The van der Waals surface area contributed by atoms with Crippen molar-refractivity contribution in [2.24, 2.45) is 0 Å². The van der Waals surface area contributed by atoms with Crippen LogP contribution in [0.4, 0.5) is 0 Å². The van der Waals surface area contributed by atoms with Gasteiger partial charge in [-0.25, -0.2) is 0 Å². The van der Waals surface area contributed by atoms with Gasteiger partial charge in [-0.05, 0) is 0 Å². The molecule has 1 aliphatic rings. The zero-order valence-corrected chi connectivity index (χ0v) is 11.9. The van der Waals surface area contributed by atoms with Crippen LogP contribution < -0.4 is 0 Å². The number of benzene rings is 1. The van der Waals surface area contributed by atoms with Crippen LogP contribution in [0.15, 0.2) is 24.3 Å². The van der Waals surface area contributed by atoms with Crippen LogP contribution in [0.3, 0.4) is 0 Å². The van der Waals surface area contributed by atoms with E-state index < -0.39 is 0 Å². The van der Waals surface area contributed by atoms with Crippen molar-refractivity contribution < 1.29 is 0 Å². The number of hydrazine groups is 1. The molecule has 0 amide bonds. The van der Waals surface area contributed by atoms with Crippen molar-refractivity contribution in [1.29, 1.82) is 0 Å². The molecule has 1 saturated heterocycles. The number of halogens is 1. The van der Waals surface area contributed by atoms with Crippen LogP contribution in [0.2, 0.25) is 5.02 Å². The molecule has 15 heavy (non-hydrogen) atoms. The molecule has 2 nitrogen and oxygen atoms in total. The average Bonchev–Trinajstić information content (AvgIpc) is 2.47. The van der Waals surface area contributed by atoms with Gasteiger partial charge in [0, 0.05) is 0 Å². The normalized spacial score (nSPS) is 22.5. The Balaban J connectivity index is 2.25. The molecule has 1 aromatic carbocycles. The van der Waals surface area contributed by atoms with Crippen molar-refractivity contribution in [2.75, 3.05) is 14.1 Å². The zero-order chi connectivity index (χ0) is 11.0.